The third kappa shape index (κ3) is 6.00. The summed E-state index contributed by atoms with van der Waals surface area (Å²) in [4.78, 5) is 0. The molecule has 0 saturated carbocycles. The molecular weight excluding hydrogens is 268 g/mol. The molecule has 1 aromatic carbocycles. The van der Waals surface area contributed by atoms with Gasteiger partial charge in [0, 0.05) is 13.6 Å². The van der Waals surface area contributed by atoms with Crippen LogP contribution in [-0.2, 0) is 0 Å². The number of aryl methyl sites for hydroxylation is 1. The summed E-state index contributed by atoms with van der Waals surface area (Å²) in [5.74, 6) is 0. The Morgan fingerprint density at radius 1 is 0.818 bits per heavy atom. The highest BCUT2D eigenvalue weighted by Gasteiger charge is 2.10. The van der Waals surface area contributed by atoms with Crippen LogP contribution in [0.4, 0.5) is 5.69 Å². The van der Waals surface area contributed by atoms with Gasteiger partial charge in [0.2, 0.25) is 0 Å². The SMILES string of the molecule is CCCCCCCCCCN(NC)c1ccc(C)c(C)c1C. The number of nitrogens with one attached hydrogen (secondary N) is 1. The summed E-state index contributed by atoms with van der Waals surface area (Å²) in [7, 11) is 2.03. The van der Waals surface area contributed by atoms with E-state index in [9.17, 15) is 0 Å². The molecule has 0 aliphatic carbocycles. The molecule has 0 fully saturated rings. The highest BCUT2D eigenvalue weighted by Crippen LogP contribution is 2.24. The maximum absolute atomic E-state index is 3.36. The molecule has 0 aliphatic rings. The summed E-state index contributed by atoms with van der Waals surface area (Å²) >= 11 is 0. The Kier molecular flexibility index (Phi) is 9.22. The van der Waals surface area contributed by atoms with Crippen LogP contribution in [0.5, 0.6) is 0 Å². The van der Waals surface area contributed by atoms with Crippen molar-refractivity contribution >= 4 is 5.69 Å². The van der Waals surface area contributed by atoms with E-state index >= 15 is 0 Å². The topological polar surface area (TPSA) is 15.3 Å². The molecule has 0 saturated heterocycles. The van der Waals surface area contributed by atoms with Crippen molar-refractivity contribution < 1.29 is 0 Å². The first-order chi connectivity index (χ1) is 10.6. The quantitative estimate of drug-likeness (QED) is 0.417. The normalized spacial score (nSPS) is 11.0. The molecular formula is C20H36N2. The van der Waals surface area contributed by atoms with Gasteiger partial charge in [0.25, 0.3) is 0 Å². The summed E-state index contributed by atoms with van der Waals surface area (Å²) in [6.07, 6.45) is 11.0. The van der Waals surface area contributed by atoms with Crippen LogP contribution < -0.4 is 10.4 Å². The van der Waals surface area contributed by atoms with Gasteiger partial charge in [-0.3, -0.25) is 0 Å². The fourth-order valence-electron chi connectivity index (χ4n) is 2.99. The van der Waals surface area contributed by atoms with Gasteiger partial charge >= 0.3 is 0 Å². The molecule has 0 unspecified atom stereocenters. The molecule has 1 aromatic rings. The van der Waals surface area contributed by atoms with Gasteiger partial charge in [-0.2, -0.15) is 0 Å². The van der Waals surface area contributed by atoms with Crippen molar-refractivity contribution in [1.29, 1.82) is 0 Å². The van der Waals surface area contributed by atoms with E-state index in [2.05, 4.69) is 50.3 Å². The van der Waals surface area contributed by atoms with E-state index in [0.717, 1.165) is 6.54 Å². The lowest BCUT2D eigenvalue weighted by atomic mass is 10.0. The molecule has 2 nitrogen and oxygen atoms in total. The number of anilines is 1. The van der Waals surface area contributed by atoms with Crippen LogP contribution in [0.3, 0.4) is 0 Å². The monoisotopic (exact) mass is 304 g/mol. The molecule has 0 bridgehead atoms. The van der Waals surface area contributed by atoms with Crippen LogP contribution in [0.25, 0.3) is 0 Å². The number of hydrogen-bond acceptors (Lipinski definition) is 2. The molecule has 0 spiro atoms. The second kappa shape index (κ2) is 10.7. The number of unbranched alkanes of at least 4 members (excludes halogenated alkanes) is 7. The first-order valence-corrected chi connectivity index (χ1v) is 9.13. The van der Waals surface area contributed by atoms with Crippen LogP contribution in [0.2, 0.25) is 0 Å². The molecule has 1 N–H and O–H groups in total. The minimum absolute atomic E-state index is 1.09. The number of hydrogen-bond donors (Lipinski definition) is 1. The lowest BCUT2D eigenvalue weighted by Crippen LogP contribution is -2.36. The Morgan fingerprint density at radius 2 is 1.41 bits per heavy atom. The molecule has 0 aromatic heterocycles. The maximum atomic E-state index is 3.36. The van der Waals surface area contributed by atoms with Gasteiger partial charge < -0.3 is 5.01 Å². The lowest BCUT2D eigenvalue weighted by molar-refractivity contribution is 0.562. The van der Waals surface area contributed by atoms with E-state index < -0.39 is 0 Å². The molecule has 0 radical (unpaired) electrons. The van der Waals surface area contributed by atoms with Crippen molar-refractivity contribution in [3.63, 3.8) is 0 Å². The van der Waals surface area contributed by atoms with Crippen molar-refractivity contribution in [2.45, 2.75) is 79.1 Å². The van der Waals surface area contributed by atoms with Crippen LogP contribution in [0.15, 0.2) is 12.1 Å². The summed E-state index contributed by atoms with van der Waals surface area (Å²) in [5, 5.41) is 2.30. The van der Waals surface area contributed by atoms with E-state index in [-0.39, 0.29) is 0 Å². The van der Waals surface area contributed by atoms with Crippen LogP contribution in [-0.4, -0.2) is 13.6 Å². The second-order valence-corrected chi connectivity index (χ2v) is 6.50. The fraction of sp³-hybridized carbons (Fsp3) is 0.700. The lowest BCUT2D eigenvalue weighted by Gasteiger charge is -2.26. The van der Waals surface area contributed by atoms with Gasteiger partial charge in [0.1, 0.15) is 0 Å². The number of rotatable bonds is 11. The summed E-state index contributed by atoms with van der Waals surface area (Å²) in [6, 6.07) is 4.48. The Balaban J connectivity index is 2.35. The zero-order valence-electron chi connectivity index (χ0n) is 15.5. The zero-order chi connectivity index (χ0) is 16.4. The number of hydrazine groups is 1. The molecule has 2 heteroatoms. The van der Waals surface area contributed by atoms with Gasteiger partial charge in [-0.25, -0.2) is 5.43 Å². The third-order valence-corrected chi connectivity index (χ3v) is 4.83. The van der Waals surface area contributed by atoms with Crippen molar-refractivity contribution in [2.24, 2.45) is 0 Å². The minimum atomic E-state index is 1.09. The highest BCUT2D eigenvalue weighted by molar-refractivity contribution is 5.57. The Bertz CT molecular complexity index is 426. The van der Waals surface area contributed by atoms with Gasteiger partial charge in [0.15, 0.2) is 0 Å². The van der Waals surface area contributed by atoms with Crippen LogP contribution in [0.1, 0.15) is 75.0 Å². The molecule has 22 heavy (non-hydrogen) atoms. The molecule has 126 valence electrons. The molecule has 0 amide bonds. The predicted molar refractivity (Wildman–Crippen MR) is 99.7 cm³/mol. The Labute approximate surface area is 138 Å². The van der Waals surface area contributed by atoms with Crippen molar-refractivity contribution in [3.05, 3.63) is 28.8 Å². The van der Waals surface area contributed by atoms with E-state index in [1.54, 1.807) is 0 Å². The largest absolute Gasteiger partial charge is 0.308 e. The first-order valence-electron chi connectivity index (χ1n) is 9.13. The van der Waals surface area contributed by atoms with Gasteiger partial charge in [-0.15, -0.1) is 0 Å². The first kappa shape index (κ1) is 19.0. The average molecular weight is 305 g/mol. The van der Waals surface area contributed by atoms with Crippen molar-refractivity contribution in [3.8, 4) is 0 Å². The van der Waals surface area contributed by atoms with Crippen LogP contribution >= 0.6 is 0 Å². The predicted octanol–water partition coefficient (Wildman–Crippen LogP) is 5.69. The van der Waals surface area contributed by atoms with E-state index in [1.807, 2.05) is 7.05 Å². The maximum Gasteiger partial charge on any atom is 0.0551 e. The van der Waals surface area contributed by atoms with Crippen molar-refractivity contribution in [2.75, 3.05) is 18.6 Å². The summed E-state index contributed by atoms with van der Waals surface area (Å²) in [5.41, 5.74) is 8.87. The Morgan fingerprint density at radius 3 is 2.00 bits per heavy atom. The zero-order valence-corrected chi connectivity index (χ0v) is 15.5. The molecule has 0 aliphatic heterocycles. The van der Waals surface area contributed by atoms with Crippen molar-refractivity contribution in [1.82, 2.24) is 5.43 Å². The smallest absolute Gasteiger partial charge is 0.0551 e. The number of nitrogens with zero attached hydrogens (tertiary/aromatic N) is 1. The molecule has 0 heterocycles. The van der Waals surface area contributed by atoms with Gasteiger partial charge in [0.05, 0.1) is 5.69 Å². The number of benzene rings is 1. The molecule has 0 atom stereocenters. The summed E-state index contributed by atoms with van der Waals surface area (Å²) in [6.45, 7) is 10.0. The Hall–Kier alpha value is -1.02. The van der Waals surface area contributed by atoms with E-state index in [1.165, 1.54) is 73.7 Å². The molecule has 1 rings (SSSR count). The summed E-state index contributed by atoms with van der Waals surface area (Å²) < 4.78 is 0. The highest BCUT2D eigenvalue weighted by atomic mass is 15.5. The second-order valence-electron chi connectivity index (χ2n) is 6.50. The van der Waals surface area contributed by atoms with Crippen LogP contribution in [0, 0.1) is 20.8 Å². The third-order valence-electron chi connectivity index (χ3n) is 4.83. The average Bonchev–Trinajstić information content (AvgIpc) is 2.52. The fourth-order valence-corrected chi connectivity index (χ4v) is 2.99. The van der Waals surface area contributed by atoms with Gasteiger partial charge in [-0.05, 0) is 49.9 Å². The van der Waals surface area contributed by atoms with Gasteiger partial charge in [-0.1, -0.05) is 57.9 Å². The van der Waals surface area contributed by atoms with E-state index in [0.29, 0.717) is 0 Å². The minimum Gasteiger partial charge on any atom is -0.308 e. The van der Waals surface area contributed by atoms with E-state index in [4.69, 9.17) is 0 Å². The standard InChI is InChI=1S/C20H36N2/c1-6-7-8-9-10-11-12-13-16-22(21-5)20-15-14-17(2)18(3)19(20)4/h14-15,21H,6-13,16H2,1-5H3.